The number of nitrogens with zero attached hydrogens (tertiary/aromatic N) is 1. The van der Waals surface area contributed by atoms with Crippen molar-refractivity contribution in [3.05, 3.63) is 0 Å². The van der Waals surface area contributed by atoms with Crippen LogP contribution in [0, 0.1) is 0 Å². The smallest absolute Gasteiger partial charge is 0.217 e. The van der Waals surface area contributed by atoms with Crippen molar-refractivity contribution in [2.24, 2.45) is 5.73 Å². The van der Waals surface area contributed by atoms with Crippen LogP contribution in [0.1, 0.15) is 32.1 Å². The minimum atomic E-state index is -3.02. The highest BCUT2D eigenvalue weighted by Gasteiger charge is 2.37. The molecule has 5 heteroatoms. The minimum absolute atomic E-state index is 0.0474. The maximum absolute atomic E-state index is 12.1. The maximum Gasteiger partial charge on any atom is 0.217 e. The van der Waals surface area contributed by atoms with Crippen molar-refractivity contribution < 1.29 is 8.42 Å². The summed E-state index contributed by atoms with van der Waals surface area (Å²) in [6.07, 6.45) is 4.61. The van der Waals surface area contributed by atoms with Gasteiger partial charge in [-0.25, -0.2) is 12.7 Å². The Hall–Kier alpha value is -0.130. The van der Waals surface area contributed by atoms with E-state index in [1.807, 2.05) is 0 Å². The molecule has 0 amide bonds. The van der Waals surface area contributed by atoms with Gasteiger partial charge in [0.2, 0.25) is 10.0 Å². The monoisotopic (exact) mass is 218 g/mol. The van der Waals surface area contributed by atoms with Crippen molar-refractivity contribution in [2.75, 3.05) is 13.1 Å². The second-order valence-electron chi connectivity index (χ2n) is 4.36. The predicted molar refractivity (Wildman–Crippen MR) is 55.3 cm³/mol. The van der Waals surface area contributed by atoms with Gasteiger partial charge in [-0.1, -0.05) is 12.8 Å². The Kier molecular flexibility index (Phi) is 2.81. The summed E-state index contributed by atoms with van der Waals surface area (Å²) < 4.78 is 25.7. The molecule has 0 unspecified atom stereocenters. The lowest BCUT2D eigenvalue weighted by molar-refractivity contribution is 0.460. The van der Waals surface area contributed by atoms with Crippen LogP contribution in [0.3, 0.4) is 0 Å². The number of nitrogens with two attached hydrogens (primary N) is 1. The van der Waals surface area contributed by atoms with E-state index in [9.17, 15) is 8.42 Å². The van der Waals surface area contributed by atoms with E-state index < -0.39 is 10.0 Å². The van der Waals surface area contributed by atoms with Gasteiger partial charge in [0.1, 0.15) is 0 Å². The highest BCUT2D eigenvalue weighted by atomic mass is 32.2. The zero-order valence-corrected chi connectivity index (χ0v) is 9.17. The molecule has 4 nitrogen and oxygen atoms in total. The van der Waals surface area contributed by atoms with Gasteiger partial charge >= 0.3 is 0 Å². The fourth-order valence-corrected chi connectivity index (χ4v) is 4.49. The van der Waals surface area contributed by atoms with E-state index in [4.69, 9.17) is 5.73 Å². The van der Waals surface area contributed by atoms with Crippen LogP contribution in [0.5, 0.6) is 0 Å². The summed E-state index contributed by atoms with van der Waals surface area (Å²) in [5.74, 6) is 0. The Labute approximate surface area is 85.5 Å². The molecule has 1 atom stereocenters. The van der Waals surface area contributed by atoms with E-state index in [2.05, 4.69) is 0 Å². The number of rotatable bonds is 2. The molecule has 0 bridgehead atoms. The average Bonchev–Trinajstić information content (AvgIpc) is 2.72. The molecular weight excluding hydrogens is 200 g/mol. The Bertz CT molecular complexity index is 296. The molecule has 2 N–H and O–H groups in total. The van der Waals surface area contributed by atoms with Crippen molar-refractivity contribution in [1.29, 1.82) is 0 Å². The third-order valence-corrected chi connectivity index (χ3v) is 5.64. The zero-order valence-electron chi connectivity index (χ0n) is 8.35. The fourth-order valence-electron chi connectivity index (χ4n) is 2.38. The molecule has 1 aliphatic carbocycles. The van der Waals surface area contributed by atoms with E-state index in [1.165, 1.54) is 0 Å². The summed E-state index contributed by atoms with van der Waals surface area (Å²) in [4.78, 5) is 0. The first kappa shape index (κ1) is 10.4. The summed E-state index contributed by atoms with van der Waals surface area (Å²) in [6, 6.07) is 0.0474. The van der Waals surface area contributed by atoms with Gasteiger partial charge in [-0.3, -0.25) is 0 Å². The van der Waals surface area contributed by atoms with Gasteiger partial charge in [-0.15, -0.1) is 0 Å². The van der Waals surface area contributed by atoms with Gasteiger partial charge in [0.15, 0.2) is 0 Å². The van der Waals surface area contributed by atoms with E-state index in [1.54, 1.807) is 4.31 Å². The largest absolute Gasteiger partial charge is 0.326 e. The summed E-state index contributed by atoms with van der Waals surface area (Å²) in [6.45, 7) is 1.15. The van der Waals surface area contributed by atoms with Crippen molar-refractivity contribution in [3.8, 4) is 0 Å². The average molecular weight is 218 g/mol. The predicted octanol–water partition coefficient (Wildman–Crippen LogP) is 0.292. The van der Waals surface area contributed by atoms with E-state index in [0.29, 0.717) is 13.1 Å². The van der Waals surface area contributed by atoms with Crippen LogP contribution in [-0.4, -0.2) is 37.1 Å². The molecule has 14 heavy (non-hydrogen) atoms. The van der Waals surface area contributed by atoms with Gasteiger partial charge in [-0.2, -0.15) is 0 Å². The second-order valence-corrected chi connectivity index (χ2v) is 6.57. The topological polar surface area (TPSA) is 63.4 Å². The Balaban J connectivity index is 2.07. The molecular formula is C9H18N2O2S. The van der Waals surface area contributed by atoms with Crippen molar-refractivity contribution in [1.82, 2.24) is 4.31 Å². The van der Waals surface area contributed by atoms with Crippen molar-refractivity contribution >= 4 is 10.0 Å². The molecule has 1 aliphatic heterocycles. The fraction of sp³-hybridized carbons (Fsp3) is 1.00. The third-order valence-electron chi connectivity index (χ3n) is 3.27. The molecule has 2 rings (SSSR count). The van der Waals surface area contributed by atoms with E-state index >= 15 is 0 Å². The van der Waals surface area contributed by atoms with E-state index in [0.717, 1.165) is 32.1 Å². The molecule has 0 aromatic heterocycles. The molecule has 82 valence electrons. The Morgan fingerprint density at radius 3 is 2.29 bits per heavy atom. The number of hydrogen-bond acceptors (Lipinski definition) is 3. The molecule has 0 spiro atoms. The molecule has 0 aromatic rings. The van der Waals surface area contributed by atoms with Crippen LogP contribution in [0.15, 0.2) is 0 Å². The quantitative estimate of drug-likeness (QED) is 0.724. The first-order valence-electron chi connectivity index (χ1n) is 5.35. The lowest BCUT2D eigenvalue weighted by atomic mass is 10.3. The first-order valence-corrected chi connectivity index (χ1v) is 6.85. The van der Waals surface area contributed by atoms with Crippen molar-refractivity contribution in [2.45, 2.75) is 43.4 Å². The molecule has 2 fully saturated rings. The minimum Gasteiger partial charge on any atom is -0.326 e. The normalized spacial score (nSPS) is 31.4. The Morgan fingerprint density at radius 2 is 1.79 bits per heavy atom. The standard InChI is InChI=1S/C9H18N2O2S/c10-8-5-6-11(7-8)14(12,13)9-3-1-2-4-9/h8-9H,1-7,10H2/t8-/m1/s1. The number of hydrogen-bond donors (Lipinski definition) is 1. The lowest BCUT2D eigenvalue weighted by Gasteiger charge is -2.20. The molecule has 1 saturated carbocycles. The van der Waals surface area contributed by atoms with E-state index in [-0.39, 0.29) is 11.3 Å². The van der Waals surface area contributed by atoms with Gasteiger partial charge in [0.25, 0.3) is 0 Å². The van der Waals surface area contributed by atoms with Crippen LogP contribution >= 0.6 is 0 Å². The SMILES string of the molecule is N[C@@H]1CCN(S(=O)(=O)C2CCCC2)C1. The van der Waals surface area contributed by atoms with Gasteiger partial charge in [-0.05, 0) is 19.3 Å². The first-order chi connectivity index (χ1) is 6.60. The van der Waals surface area contributed by atoms with Crippen LogP contribution in [0.25, 0.3) is 0 Å². The highest BCUT2D eigenvalue weighted by molar-refractivity contribution is 7.89. The molecule has 1 saturated heterocycles. The summed E-state index contributed by atoms with van der Waals surface area (Å²) in [5.41, 5.74) is 5.71. The highest BCUT2D eigenvalue weighted by Crippen LogP contribution is 2.28. The van der Waals surface area contributed by atoms with Crippen LogP contribution in [-0.2, 0) is 10.0 Å². The molecule has 1 heterocycles. The summed E-state index contributed by atoms with van der Waals surface area (Å²) in [7, 11) is -3.02. The molecule has 2 aliphatic rings. The van der Waals surface area contributed by atoms with Crippen LogP contribution in [0.2, 0.25) is 0 Å². The third kappa shape index (κ3) is 1.81. The Morgan fingerprint density at radius 1 is 1.14 bits per heavy atom. The lowest BCUT2D eigenvalue weighted by Crippen LogP contribution is -2.37. The van der Waals surface area contributed by atoms with Gasteiger partial charge in [0, 0.05) is 19.1 Å². The summed E-state index contributed by atoms with van der Waals surface area (Å²) in [5, 5.41) is -0.118. The van der Waals surface area contributed by atoms with Crippen LogP contribution in [0.4, 0.5) is 0 Å². The van der Waals surface area contributed by atoms with Crippen molar-refractivity contribution in [3.63, 3.8) is 0 Å². The second kappa shape index (κ2) is 3.79. The number of sulfonamides is 1. The molecule has 0 radical (unpaired) electrons. The zero-order chi connectivity index (χ0) is 10.2. The van der Waals surface area contributed by atoms with Gasteiger partial charge < -0.3 is 5.73 Å². The molecule has 0 aromatic carbocycles. The maximum atomic E-state index is 12.1. The van der Waals surface area contributed by atoms with Gasteiger partial charge in [0.05, 0.1) is 5.25 Å². The van der Waals surface area contributed by atoms with Crippen LogP contribution < -0.4 is 5.73 Å². The summed E-state index contributed by atoms with van der Waals surface area (Å²) >= 11 is 0.